The molecular formula is C38H45FN6O4. The molecule has 0 radical (unpaired) electrons. The fraction of sp³-hybridized carbons (Fsp3) is 0.500. The largest absolute Gasteiger partial charge is 0.468 e. The number of nitrogens with zero attached hydrogens (tertiary/aromatic N) is 6. The summed E-state index contributed by atoms with van der Waals surface area (Å²) in [4.78, 5) is 14.8. The van der Waals surface area contributed by atoms with Gasteiger partial charge in [0.15, 0.2) is 6.79 Å². The van der Waals surface area contributed by atoms with Crippen molar-refractivity contribution < 1.29 is 23.7 Å². The molecule has 5 heterocycles. The van der Waals surface area contributed by atoms with Gasteiger partial charge in [0.2, 0.25) is 0 Å². The van der Waals surface area contributed by atoms with Gasteiger partial charge < -0.3 is 29.1 Å². The number of anilines is 1. The average molecular weight is 669 g/mol. The number of pyridine rings is 1. The summed E-state index contributed by atoms with van der Waals surface area (Å²) < 4.78 is 34.9. The van der Waals surface area contributed by atoms with E-state index in [1.165, 1.54) is 18.9 Å². The van der Waals surface area contributed by atoms with Gasteiger partial charge in [-0.15, -0.1) is 0 Å². The average Bonchev–Trinajstić information content (AvgIpc) is 3.41. The lowest BCUT2D eigenvalue weighted by molar-refractivity contribution is 0.0447. The van der Waals surface area contributed by atoms with Gasteiger partial charge in [-0.05, 0) is 112 Å². The summed E-state index contributed by atoms with van der Waals surface area (Å²) in [5.41, 5.74) is 2.96. The number of halogens is 1. The van der Waals surface area contributed by atoms with Gasteiger partial charge in [-0.3, -0.25) is 0 Å². The number of fused-ring (bicyclic) bond motifs is 4. The topological polar surface area (TPSA) is 97.5 Å². The molecule has 1 saturated carbocycles. The van der Waals surface area contributed by atoms with E-state index in [-0.39, 0.29) is 18.0 Å². The number of rotatable bonds is 11. The molecule has 258 valence electrons. The van der Waals surface area contributed by atoms with Crippen molar-refractivity contribution in [3.63, 3.8) is 0 Å². The summed E-state index contributed by atoms with van der Waals surface area (Å²) in [7, 11) is 1.58. The van der Waals surface area contributed by atoms with Crippen molar-refractivity contribution in [2.45, 2.75) is 64.4 Å². The number of benzene rings is 2. The van der Waals surface area contributed by atoms with E-state index >= 15 is 4.39 Å². The standard InChI is InChI=1S/C38H45FN6O4/c1-4-27-29(39)9-8-25-18-26(49-24-47-3)19-28(33(25)27)32-20-30-34(31-10-14-40-45(31)32)35(44-17-7-11-37(2,46)21-44)42-36(41-30)48-23-38(12-13-38)22-43-15-5-6-16-43/h8-10,14,18-20,46H,4-7,11-13,15-17,21-24H2,1-3H3/t37-/m1/s1. The van der Waals surface area contributed by atoms with Crippen LogP contribution in [0.3, 0.4) is 0 Å². The van der Waals surface area contributed by atoms with E-state index in [4.69, 9.17) is 29.3 Å². The minimum atomic E-state index is -0.844. The maximum absolute atomic E-state index is 15.4. The Balaban J connectivity index is 1.30. The highest BCUT2D eigenvalue weighted by Gasteiger charge is 2.45. The van der Waals surface area contributed by atoms with Gasteiger partial charge >= 0.3 is 6.01 Å². The van der Waals surface area contributed by atoms with Crippen LogP contribution in [0.2, 0.25) is 0 Å². The molecule has 0 unspecified atom stereocenters. The number of piperidine rings is 1. The molecule has 3 aromatic heterocycles. The Morgan fingerprint density at radius 3 is 2.55 bits per heavy atom. The maximum atomic E-state index is 15.4. The second kappa shape index (κ2) is 12.7. The Bertz CT molecular complexity index is 2020. The van der Waals surface area contributed by atoms with Gasteiger partial charge in [0.25, 0.3) is 0 Å². The first-order chi connectivity index (χ1) is 23.8. The molecule has 49 heavy (non-hydrogen) atoms. The fourth-order valence-electron chi connectivity index (χ4n) is 7.96. The van der Waals surface area contributed by atoms with Crippen molar-refractivity contribution in [3.05, 3.63) is 54.0 Å². The van der Waals surface area contributed by atoms with Crippen LogP contribution in [-0.4, -0.2) is 88.4 Å². The summed E-state index contributed by atoms with van der Waals surface area (Å²) in [5.74, 6) is 1.08. The van der Waals surface area contributed by atoms with Gasteiger partial charge in [0.1, 0.15) is 17.4 Å². The predicted octanol–water partition coefficient (Wildman–Crippen LogP) is 6.39. The molecule has 0 spiro atoms. The van der Waals surface area contributed by atoms with Crippen LogP contribution in [0.25, 0.3) is 38.4 Å². The van der Waals surface area contributed by atoms with Crippen LogP contribution in [-0.2, 0) is 11.2 Å². The number of aryl methyl sites for hydroxylation is 1. The molecule has 0 bridgehead atoms. The Morgan fingerprint density at radius 1 is 0.959 bits per heavy atom. The maximum Gasteiger partial charge on any atom is 0.318 e. The molecule has 2 aromatic carbocycles. The second-order valence-electron chi connectivity index (χ2n) is 14.5. The molecule has 1 atom stereocenters. The molecule has 2 saturated heterocycles. The van der Waals surface area contributed by atoms with Crippen LogP contribution in [0.15, 0.2) is 42.6 Å². The van der Waals surface area contributed by atoms with E-state index in [0.717, 1.165) is 90.6 Å². The van der Waals surface area contributed by atoms with Crippen molar-refractivity contribution in [2.75, 3.05) is 58.1 Å². The highest BCUT2D eigenvalue weighted by Crippen LogP contribution is 2.47. The zero-order valence-electron chi connectivity index (χ0n) is 28.7. The number of hydrogen-bond donors (Lipinski definition) is 1. The molecular weight excluding hydrogens is 623 g/mol. The normalized spacial score (nSPS) is 20.9. The highest BCUT2D eigenvalue weighted by molar-refractivity contribution is 6.06. The quantitative estimate of drug-likeness (QED) is 0.161. The zero-order chi connectivity index (χ0) is 33.8. The summed E-state index contributed by atoms with van der Waals surface area (Å²) in [6.07, 6.45) is 8.67. The van der Waals surface area contributed by atoms with Crippen LogP contribution < -0.4 is 14.4 Å². The van der Waals surface area contributed by atoms with Crippen LogP contribution >= 0.6 is 0 Å². The summed E-state index contributed by atoms with van der Waals surface area (Å²) in [5, 5.41) is 18.4. The third-order valence-electron chi connectivity index (χ3n) is 10.6. The smallest absolute Gasteiger partial charge is 0.318 e. The Labute approximate surface area is 285 Å². The van der Waals surface area contributed by atoms with Gasteiger partial charge in [0, 0.05) is 37.7 Å². The van der Waals surface area contributed by atoms with Crippen molar-refractivity contribution >= 4 is 33.0 Å². The monoisotopic (exact) mass is 668 g/mol. The molecule has 1 aliphatic carbocycles. The lowest BCUT2D eigenvalue weighted by Gasteiger charge is -2.38. The van der Waals surface area contributed by atoms with Crippen molar-refractivity contribution in [2.24, 2.45) is 5.41 Å². The molecule has 5 aromatic rings. The first kappa shape index (κ1) is 32.2. The highest BCUT2D eigenvalue weighted by atomic mass is 19.1. The first-order valence-corrected chi connectivity index (χ1v) is 17.6. The number of ether oxygens (including phenoxy) is 3. The molecule has 1 N–H and O–H groups in total. The lowest BCUT2D eigenvalue weighted by Crippen LogP contribution is -2.46. The molecule has 2 aliphatic heterocycles. The van der Waals surface area contributed by atoms with E-state index in [1.807, 2.05) is 42.6 Å². The van der Waals surface area contributed by atoms with E-state index < -0.39 is 5.60 Å². The summed E-state index contributed by atoms with van der Waals surface area (Å²) in [6, 6.07) is 11.5. The Kier molecular flexibility index (Phi) is 8.32. The lowest BCUT2D eigenvalue weighted by atomic mass is 9.94. The molecule has 3 fully saturated rings. The molecule has 10 nitrogen and oxygen atoms in total. The van der Waals surface area contributed by atoms with Crippen LogP contribution in [0.4, 0.5) is 10.2 Å². The fourth-order valence-corrected chi connectivity index (χ4v) is 7.96. The number of likely N-dealkylation sites (tertiary alicyclic amines) is 1. The van der Waals surface area contributed by atoms with Gasteiger partial charge in [0.05, 0.1) is 40.5 Å². The predicted molar refractivity (Wildman–Crippen MR) is 188 cm³/mol. The van der Waals surface area contributed by atoms with Crippen LogP contribution in [0.5, 0.6) is 11.8 Å². The third kappa shape index (κ3) is 6.17. The Hall–Kier alpha value is -4.06. The molecule has 8 rings (SSSR count). The Morgan fingerprint density at radius 2 is 1.80 bits per heavy atom. The van der Waals surface area contributed by atoms with E-state index in [9.17, 15) is 5.11 Å². The third-order valence-corrected chi connectivity index (χ3v) is 10.6. The van der Waals surface area contributed by atoms with Gasteiger partial charge in [-0.2, -0.15) is 15.1 Å². The second-order valence-corrected chi connectivity index (χ2v) is 14.5. The SMILES string of the molecule is CCc1c(F)ccc2cc(OCOC)cc(-c3cc4nc(OCC5(CN6CCCC6)CC5)nc(N5CCC[C@@](C)(O)C5)c4c4ccnn34)c12. The zero-order valence-corrected chi connectivity index (χ0v) is 28.7. The number of β-amino-alcohol motifs (C(OH)–C–C–N with tert-alkyl or cyclic N) is 1. The summed E-state index contributed by atoms with van der Waals surface area (Å²) >= 11 is 0. The van der Waals surface area contributed by atoms with E-state index in [1.54, 1.807) is 19.4 Å². The first-order valence-electron chi connectivity index (χ1n) is 17.6. The molecule has 3 aliphatic rings. The minimum absolute atomic E-state index is 0.0812. The number of aromatic nitrogens is 4. The van der Waals surface area contributed by atoms with E-state index in [0.29, 0.717) is 42.4 Å². The van der Waals surface area contributed by atoms with Gasteiger partial charge in [-0.1, -0.05) is 13.0 Å². The minimum Gasteiger partial charge on any atom is -0.468 e. The number of methoxy groups -OCH3 is 1. The summed E-state index contributed by atoms with van der Waals surface area (Å²) in [6.45, 7) is 9.07. The molecule has 0 amide bonds. The van der Waals surface area contributed by atoms with Crippen LogP contribution in [0, 0.1) is 11.2 Å². The van der Waals surface area contributed by atoms with Crippen molar-refractivity contribution in [3.8, 4) is 23.0 Å². The number of aliphatic hydroxyl groups is 1. The molecule has 11 heteroatoms. The van der Waals surface area contributed by atoms with Crippen molar-refractivity contribution in [1.82, 2.24) is 24.5 Å². The number of hydrogen-bond acceptors (Lipinski definition) is 9. The van der Waals surface area contributed by atoms with Gasteiger partial charge in [-0.25, -0.2) is 8.91 Å². The van der Waals surface area contributed by atoms with Crippen LogP contribution in [0.1, 0.15) is 57.9 Å². The van der Waals surface area contributed by atoms with E-state index in [2.05, 4.69) is 9.80 Å². The van der Waals surface area contributed by atoms with Crippen molar-refractivity contribution in [1.29, 1.82) is 0 Å².